The Morgan fingerprint density at radius 2 is 1.86 bits per heavy atom. The number of carbonyl (C=O) groups excluding carboxylic acids is 1. The highest BCUT2D eigenvalue weighted by Gasteiger charge is 2.32. The van der Waals surface area contributed by atoms with Gasteiger partial charge in [-0.1, -0.05) is 30.3 Å². The molecule has 146 valence electrons. The summed E-state index contributed by atoms with van der Waals surface area (Å²) >= 11 is 0. The summed E-state index contributed by atoms with van der Waals surface area (Å²) in [5.74, 6) is 1.58. The van der Waals surface area contributed by atoms with Gasteiger partial charge >= 0.3 is 0 Å². The van der Waals surface area contributed by atoms with Crippen LogP contribution in [0.15, 0.2) is 42.5 Å². The third-order valence-corrected chi connectivity index (χ3v) is 6.56. The molecule has 5 rings (SSSR count). The number of carbonyl (C=O) groups is 1. The van der Waals surface area contributed by atoms with E-state index in [0.717, 1.165) is 76.3 Å². The maximum absolute atomic E-state index is 13.1. The molecule has 0 unspecified atom stereocenters. The number of amides is 1. The Kier molecular flexibility index (Phi) is 4.81. The van der Waals surface area contributed by atoms with Gasteiger partial charge in [-0.15, -0.1) is 0 Å². The van der Waals surface area contributed by atoms with Crippen molar-refractivity contribution < 1.29 is 9.53 Å². The summed E-state index contributed by atoms with van der Waals surface area (Å²) in [6, 6.07) is 15.0. The van der Waals surface area contributed by atoms with Crippen molar-refractivity contribution >= 4 is 11.6 Å². The zero-order valence-corrected chi connectivity index (χ0v) is 16.4. The molecule has 0 aromatic heterocycles. The molecule has 1 amide bonds. The normalized spacial score (nSPS) is 19.4. The molecule has 0 bridgehead atoms. The second-order valence-corrected chi connectivity index (χ2v) is 8.28. The fourth-order valence-electron chi connectivity index (χ4n) is 4.87. The maximum Gasteiger partial charge on any atom is 0.230 e. The van der Waals surface area contributed by atoms with Gasteiger partial charge in [0.05, 0.1) is 6.61 Å². The van der Waals surface area contributed by atoms with Crippen LogP contribution in [0.4, 0.5) is 5.69 Å². The van der Waals surface area contributed by atoms with Crippen LogP contribution >= 0.6 is 0 Å². The molecule has 1 fully saturated rings. The van der Waals surface area contributed by atoms with Crippen LogP contribution < -0.4 is 9.64 Å². The number of hydrogen-bond donors (Lipinski definition) is 0. The molecule has 0 aliphatic carbocycles. The largest absolute Gasteiger partial charge is 0.493 e. The average Bonchev–Trinajstić information content (AvgIpc) is 3.38. The smallest absolute Gasteiger partial charge is 0.230 e. The summed E-state index contributed by atoms with van der Waals surface area (Å²) in [5, 5.41) is 0. The van der Waals surface area contributed by atoms with Crippen LogP contribution in [0.5, 0.6) is 5.75 Å². The molecular weight excluding hydrogens is 348 g/mol. The van der Waals surface area contributed by atoms with Crippen molar-refractivity contribution in [3.05, 3.63) is 59.2 Å². The molecule has 4 heteroatoms. The van der Waals surface area contributed by atoms with Gasteiger partial charge in [0.15, 0.2) is 0 Å². The van der Waals surface area contributed by atoms with E-state index in [1.807, 2.05) is 11.0 Å². The van der Waals surface area contributed by atoms with Gasteiger partial charge < -0.3 is 14.5 Å². The first-order valence-electron chi connectivity index (χ1n) is 10.6. The Bertz CT molecular complexity index is 871. The molecule has 0 spiro atoms. The highest BCUT2D eigenvalue weighted by Crippen LogP contribution is 2.31. The highest BCUT2D eigenvalue weighted by atomic mass is 16.5. The molecule has 0 radical (unpaired) electrons. The van der Waals surface area contributed by atoms with E-state index in [1.165, 1.54) is 16.7 Å². The number of anilines is 1. The van der Waals surface area contributed by atoms with Gasteiger partial charge in [0.1, 0.15) is 5.75 Å². The number of likely N-dealkylation sites (tertiary alicyclic amines) is 1. The van der Waals surface area contributed by atoms with Crippen molar-refractivity contribution in [3.63, 3.8) is 0 Å². The lowest BCUT2D eigenvalue weighted by Gasteiger charge is -2.33. The first kappa shape index (κ1) is 17.7. The fourth-order valence-corrected chi connectivity index (χ4v) is 4.87. The van der Waals surface area contributed by atoms with Crippen molar-refractivity contribution in [1.29, 1.82) is 0 Å². The van der Waals surface area contributed by atoms with E-state index in [2.05, 4.69) is 41.3 Å². The maximum atomic E-state index is 13.1. The first-order valence-corrected chi connectivity index (χ1v) is 10.6. The van der Waals surface area contributed by atoms with Crippen LogP contribution in [0.3, 0.4) is 0 Å². The second kappa shape index (κ2) is 7.59. The van der Waals surface area contributed by atoms with Crippen LogP contribution in [0.25, 0.3) is 0 Å². The molecule has 3 aliphatic rings. The van der Waals surface area contributed by atoms with E-state index in [1.54, 1.807) is 0 Å². The molecule has 3 heterocycles. The van der Waals surface area contributed by atoms with Gasteiger partial charge in [-0.25, -0.2) is 0 Å². The van der Waals surface area contributed by atoms with E-state index in [9.17, 15) is 4.79 Å². The molecule has 4 nitrogen and oxygen atoms in total. The Morgan fingerprint density at radius 3 is 2.75 bits per heavy atom. The Labute approximate surface area is 167 Å². The number of nitrogens with zero attached hydrogens (tertiary/aromatic N) is 2. The number of rotatable bonds is 4. The SMILES string of the molecule is O=C(C1CCN(CCc2ccc3c(c2)CCO3)CC1)N1CCc2ccccc21. The predicted octanol–water partition coefficient (Wildman–Crippen LogP) is 3.47. The van der Waals surface area contributed by atoms with Crippen LogP contribution in [0.1, 0.15) is 29.5 Å². The molecule has 0 saturated carbocycles. The van der Waals surface area contributed by atoms with Gasteiger partial charge in [-0.3, -0.25) is 4.79 Å². The molecular formula is C24H28N2O2. The van der Waals surface area contributed by atoms with Crippen molar-refractivity contribution in [2.24, 2.45) is 5.92 Å². The van der Waals surface area contributed by atoms with Crippen molar-refractivity contribution in [1.82, 2.24) is 4.90 Å². The zero-order valence-electron chi connectivity index (χ0n) is 16.4. The van der Waals surface area contributed by atoms with Gasteiger partial charge in [0.25, 0.3) is 0 Å². The fraction of sp³-hybridized carbons (Fsp3) is 0.458. The summed E-state index contributed by atoms with van der Waals surface area (Å²) in [6.45, 7) is 4.80. The van der Waals surface area contributed by atoms with Crippen LogP contribution in [-0.4, -0.2) is 43.6 Å². The number of hydrogen-bond acceptors (Lipinski definition) is 3. The minimum atomic E-state index is 0.180. The third-order valence-electron chi connectivity index (χ3n) is 6.56. The summed E-state index contributed by atoms with van der Waals surface area (Å²) in [6.07, 6.45) is 5.07. The minimum Gasteiger partial charge on any atom is -0.493 e. The van der Waals surface area contributed by atoms with Gasteiger partial charge in [-0.05, 0) is 67.6 Å². The number of piperidine rings is 1. The average molecular weight is 377 g/mol. The van der Waals surface area contributed by atoms with E-state index in [4.69, 9.17) is 4.74 Å². The lowest BCUT2D eigenvalue weighted by Crippen LogP contribution is -2.42. The molecule has 1 saturated heterocycles. The van der Waals surface area contributed by atoms with Gasteiger partial charge in [-0.2, -0.15) is 0 Å². The minimum absolute atomic E-state index is 0.180. The molecule has 3 aliphatic heterocycles. The molecule has 28 heavy (non-hydrogen) atoms. The van der Waals surface area contributed by atoms with E-state index in [-0.39, 0.29) is 5.92 Å². The number of para-hydroxylation sites is 1. The van der Waals surface area contributed by atoms with Crippen molar-refractivity contribution in [2.45, 2.75) is 32.1 Å². The van der Waals surface area contributed by atoms with Crippen molar-refractivity contribution in [3.8, 4) is 5.75 Å². The molecule has 2 aromatic carbocycles. The highest BCUT2D eigenvalue weighted by molar-refractivity contribution is 5.97. The Balaban J connectivity index is 1.13. The standard InChI is InChI=1S/C24H28N2O2/c27-24(26-15-10-19-3-1-2-4-22(19)26)20-8-13-25(14-9-20)12-7-18-5-6-23-21(17-18)11-16-28-23/h1-6,17,20H,7-16H2. The third kappa shape index (κ3) is 3.42. The van der Waals surface area contributed by atoms with E-state index < -0.39 is 0 Å². The molecule has 2 aromatic rings. The zero-order chi connectivity index (χ0) is 18.9. The quantitative estimate of drug-likeness (QED) is 0.819. The lowest BCUT2D eigenvalue weighted by molar-refractivity contribution is -0.123. The topological polar surface area (TPSA) is 32.8 Å². The second-order valence-electron chi connectivity index (χ2n) is 8.28. The summed E-state index contributed by atoms with van der Waals surface area (Å²) in [4.78, 5) is 17.6. The van der Waals surface area contributed by atoms with E-state index >= 15 is 0 Å². The van der Waals surface area contributed by atoms with Crippen molar-refractivity contribution in [2.75, 3.05) is 37.7 Å². The molecule has 0 atom stereocenters. The number of benzene rings is 2. The summed E-state index contributed by atoms with van der Waals surface area (Å²) in [7, 11) is 0. The van der Waals surface area contributed by atoms with Gasteiger partial charge in [0, 0.05) is 31.1 Å². The van der Waals surface area contributed by atoms with Crippen LogP contribution in [0, 0.1) is 5.92 Å². The Hall–Kier alpha value is -2.33. The van der Waals surface area contributed by atoms with Gasteiger partial charge in [0.2, 0.25) is 5.91 Å². The monoisotopic (exact) mass is 376 g/mol. The van der Waals surface area contributed by atoms with Crippen LogP contribution in [0.2, 0.25) is 0 Å². The number of fused-ring (bicyclic) bond motifs is 2. The Morgan fingerprint density at radius 1 is 1.00 bits per heavy atom. The van der Waals surface area contributed by atoms with E-state index in [0.29, 0.717) is 5.91 Å². The first-order chi connectivity index (χ1) is 13.8. The summed E-state index contributed by atoms with van der Waals surface area (Å²) < 4.78 is 5.60. The molecule has 0 N–H and O–H groups in total. The number of ether oxygens (including phenoxy) is 1. The predicted molar refractivity (Wildman–Crippen MR) is 111 cm³/mol. The summed E-state index contributed by atoms with van der Waals surface area (Å²) in [5.41, 5.74) is 5.20. The van der Waals surface area contributed by atoms with Crippen LogP contribution in [-0.2, 0) is 24.1 Å². The lowest BCUT2D eigenvalue weighted by atomic mass is 9.94.